The lowest BCUT2D eigenvalue weighted by Crippen LogP contribution is -2.46. The van der Waals surface area contributed by atoms with Gasteiger partial charge in [-0.25, -0.2) is 0 Å². The second-order valence-electron chi connectivity index (χ2n) is 3.82. The molecule has 2 bridgehead atoms. The lowest BCUT2D eigenvalue weighted by atomic mass is 10.2. The third-order valence-corrected chi connectivity index (χ3v) is 3.01. The highest BCUT2D eigenvalue weighted by Crippen LogP contribution is 2.28. The van der Waals surface area contributed by atoms with Crippen LogP contribution in [0, 0.1) is 11.8 Å². The second-order valence-corrected chi connectivity index (χ2v) is 3.82. The summed E-state index contributed by atoms with van der Waals surface area (Å²) in [7, 11) is 2.12. The number of hydrogen-bond donors (Lipinski definition) is 0. The first-order valence-corrected chi connectivity index (χ1v) is 4.66. The van der Waals surface area contributed by atoms with Crippen LogP contribution in [0.3, 0.4) is 0 Å². The molecule has 0 saturated carbocycles. The number of hydrogen-bond acceptors (Lipinski definition) is 2. The van der Waals surface area contributed by atoms with E-state index in [1.54, 1.807) is 6.92 Å². The normalized spacial score (nSPS) is 31.7. The van der Waals surface area contributed by atoms with Gasteiger partial charge in [-0.15, -0.1) is 0 Å². The third kappa shape index (κ3) is 1.31. The third-order valence-electron chi connectivity index (χ3n) is 3.01. The van der Waals surface area contributed by atoms with Crippen molar-refractivity contribution in [3.63, 3.8) is 0 Å². The quantitative estimate of drug-likeness (QED) is 0.485. The molecule has 70 valence electrons. The van der Waals surface area contributed by atoms with Gasteiger partial charge in [-0.05, 0) is 26.3 Å². The largest absolute Gasteiger partial charge is 0.326 e. The zero-order chi connectivity index (χ0) is 9.42. The number of likely N-dealkylation sites (N-methyl/N-ethyl adjacent to an activating group) is 1. The summed E-state index contributed by atoms with van der Waals surface area (Å²) in [5.41, 5.74) is 0. The molecule has 13 heavy (non-hydrogen) atoms. The van der Waals surface area contributed by atoms with Crippen LogP contribution in [0.4, 0.5) is 0 Å². The van der Waals surface area contributed by atoms with Gasteiger partial charge in [0, 0.05) is 25.2 Å². The van der Waals surface area contributed by atoms with Crippen LogP contribution in [0.2, 0.25) is 0 Å². The number of carbonyl (C=O) groups is 1. The average molecular weight is 178 g/mol. The van der Waals surface area contributed by atoms with Crippen molar-refractivity contribution in [3.05, 3.63) is 0 Å². The van der Waals surface area contributed by atoms with Gasteiger partial charge in [0.2, 0.25) is 0 Å². The monoisotopic (exact) mass is 178 g/mol. The standard InChI is InChI=1S/C10H14N2O/c1-3-4-10(13)12-7-8-5-9(12)6-11(8)2/h8-9H,5-7H2,1-2H3/t8-,9?/m0/s1. The Morgan fingerprint density at radius 3 is 2.62 bits per heavy atom. The van der Waals surface area contributed by atoms with Crippen LogP contribution in [0.25, 0.3) is 0 Å². The molecule has 0 aliphatic carbocycles. The van der Waals surface area contributed by atoms with E-state index in [1.807, 2.05) is 4.90 Å². The first-order valence-electron chi connectivity index (χ1n) is 4.66. The molecule has 2 heterocycles. The van der Waals surface area contributed by atoms with Crippen LogP contribution >= 0.6 is 0 Å². The van der Waals surface area contributed by atoms with Crippen molar-refractivity contribution in [2.75, 3.05) is 20.1 Å². The van der Waals surface area contributed by atoms with Crippen LogP contribution < -0.4 is 0 Å². The van der Waals surface area contributed by atoms with Crippen LogP contribution in [-0.4, -0.2) is 47.9 Å². The van der Waals surface area contributed by atoms with Crippen LogP contribution in [0.15, 0.2) is 0 Å². The molecule has 1 amide bonds. The molecular formula is C10H14N2O. The lowest BCUT2D eigenvalue weighted by molar-refractivity contribution is -0.127. The molecule has 3 heteroatoms. The van der Waals surface area contributed by atoms with Gasteiger partial charge in [-0.3, -0.25) is 9.69 Å². The topological polar surface area (TPSA) is 23.6 Å². The SMILES string of the molecule is CC#CC(=O)N1C[C@@H]2CC1CN2C. The molecule has 0 aromatic heterocycles. The van der Waals surface area contributed by atoms with Gasteiger partial charge in [0.05, 0.1) is 0 Å². The Bertz CT molecular complexity index is 287. The van der Waals surface area contributed by atoms with Gasteiger partial charge >= 0.3 is 0 Å². The number of likely N-dealkylation sites (tertiary alicyclic amines) is 2. The number of amides is 1. The molecule has 2 saturated heterocycles. The number of piperazine rings is 1. The van der Waals surface area contributed by atoms with Crippen LogP contribution in [0.5, 0.6) is 0 Å². The van der Waals surface area contributed by atoms with Gasteiger partial charge < -0.3 is 4.90 Å². The van der Waals surface area contributed by atoms with Crippen molar-refractivity contribution < 1.29 is 4.79 Å². The number of nitrogens with zero attached hydrogens (tertiary/aromatic N) is 2. The zero-order valence-electron chi connectivity index (χ0n) is 8.08. The van der Waals surface area contributed by atoms with Crippen molar-refractivity contribution in [2.24, 2.45) is 0 Å². The molecule has 0 N–H and O–H groups in total. The molecule has 2 aliphatic heterocycles. The summed E-state index contributed by atoms with van der Waals surface area (Å²) in [6.07, 6.45) is 1.13. The Morgan fingerprint density at radius 2 is 2.15 bits per heavy atom. The van der Waals surface area contributed by atoms with Gasteiger partial charge in [-0.1, -0.05) is 5.92 Å². The van der Waals surface area contributed by atoms with E-state index in [-0.39, 0.29) is 5.91 Å². The first-order chi connectivity index (χ1) is 6.22. The summed E-state index contributed by atoms with van der Waals surface area (Å²) in [5.74, 6) is 5.27. The number of fused-ring (bicyclic) bond motifs is 2. The molecular weight excluding hydrogens is 164 g/mol. The maximum absolute atomic E-state index is 11.5. The Hall–Kier alpha value is -1.01. The molecule has 0 aromatic rings. The lowest BCUT2D eigenvalue weighted by Gasteiger charge is -2.30. The Balaban J connectivity index is 2.05. The van der Waals surface area contributed by atoms with E-state index < -0.39 is 0 Å². The van der Waals surface area contributed by atoms with E-state index in [1.165, 1.54) is 0 Å². The van der Waals surface area contributed by atoms with E-state index in [4.69, 9.17) is 0 Å². The van der Waals surface area contributed by atoms with Crippen molar-refractivity contribution >= 4 is 5.91 Å². The highest BCUT2D eigenvalue weighted by atomic mass is 16.2. The molecule has 0 spiro atoms. The van der Waals surface area contributed by atoms with E-state index in [2.05, 4.69) is 23.8 Å². The van der Waals surface area contributed by atoms with Crippen LogP contribution in [0.1, 0.15) is 13.3 Å². The Labute approximate surface area is 78.7 Å². The van der Waals surface area contributed by atoms with E-state index in [0.29, 0.717) is 12.1 Å². The van der Waals surface area contributed by atoms with Gasteiger partial charge in [-0.2, -0.15) is 0 Å². The minimum absolute atomic E-state index is 0.00287. The maximum atomic E-state index is 11.5. The second kappa shape index (κ2) is 3.04. The Morgan fingerprint density at radius 1 is 1.38 bits per heavy atom. The molecule has 0 aromatic carbocycles. The van der Waals surface area contributed by atoms with Gasteiger partial charge in [0.25, 0.3) is 5.91 Å². The fourth-order valence-corrected chi connectivity index (χ4v) is 2.29. The molecule has 0 radical (unpaired) electrons. The minimum Gasteiger partial charge on any atom is -0.326 e. The van der Waals surface area contributed by atoms with E-state index >= 15 is 0 Å². The fourth-order valence-electron chi connectivity index (χ4n) is 2.29. The highest BCUT2D eigenvalue weighted by Gasteiger charge is 2.43. The summed E-state index contributed by atoms with van der Waals surface area (Å²) in [6, 6.07) is 0.996. The molecule has 1 unspecified atom stereocenters. The Kier molecular flexibility index (Phi) is 2.01. The number of carbonyl (C=O) groups excluding carboxylic acids is 1. The number of rotatable bonds is 0. The summed E-state index contributed by atoms with van der Waals surface area (Å²) in [4.78, 5) is 15.7. The summed E-state index contributed by atoms with van der Waals surface area (Å²) < 4.78 is 0. The fraction of sp³-hybridized carbons (Fsp3) is 0.700. The van der Waals surface area contributed by atoms with E-state index in [0.717, 1.165) is 19.5 Å². The van der Waals surface area contributed by atoms with Crippen molar-refractivity contribution in [1.82, 2.24) is 9.80 Å². The highest BCUT2D eigenvalue weighted by molar-refractivity contribution is 5.94. The minimum atomic E-state index is 0.00287. The van der Waals surface area contributed by atoms with Crippen molar-refractivity contribution in [3.8, 4) is 11.8 Å². The maximum Gasteiger partial charge on any atom is 0.298 e. The summed E-state index contributed by atoms with van der Waals surface area (Å²) in [5, 5.41) is 0. The predicted octanol–water partition coefficient (Wildman–Crippen LogP) is -0.0754. The molecule has 3 nitrogen and oxygen atoms in total. The zero-order valence-corrected chi connectivity index (χ0v) is 8.08. The van der Waals surface area contributed by atoms with Crippen LogP contribution in [-0.2, 0) is 4.79 Å². The first kappa shape index (κ1) is 8.58. The smallest absolute Gasteiger partial charge is 0.298 e. The summed E-state index contributed by atoms with van der Waals surface area (Å²) in [6.45, 7) is 3.59. The molecule has 2 atom stereocenters. The summed E-state index contributed by atoms with van der Waals surface area (Å²) >= 11 is 0. The van der Waals surface area contributed by atoms with E-state index in [9.17, 15) is 4.79 Å². The molecule has 2 aliphatic rings. The molecule has 2 rings (SSSR count). The van der Waals surface area contributed by atoms with Gasteiger partial charge in [0.15, 0.2) is 0 Å². The molecule has 2 fully saturated rings. The van der Waals surface area contributed by atoms with Crippen molar-refractivity contribution in [1.29, 1.82) is 0 Å². The van der Waals surface area contributed by atoms with Gasteiger partial charge in [0.1, 0.15) is 0 Å². The van der Waals surface area contributed by atoms with Crippen molar-refractivity contribution in [2.45, 2.75) is 25.4 Å². The average Bonchev–Trinajstić information content (AvgIpc) is 2.62. The predicted molar refractivity (Wildman–Crippen MR) is 50.0 cm³/mol.